The number of halogens is 1. The summed E-state index contributed by atoms with van der Waals surface area (Å²) < 4.78 is 13.1. The molecule has 0 aliphatic rings. The van der Waals surface area contributed by atoms with Gasteiger partial charge in [-0.2, -0.15) is 0 Å². The van der Waals surface area contributed by atoms with Crippen molar-refractivity contribution in [1.82, 2.24) is 0 Å². The highest BCUT2D eigenvalue weighted by Gasteiger charge is 2.10. The molecule has 90 valence electrons. The van der Waals surface area contributed by atoms with Crippen molar-refractivity contribution in [1.29, 1.82) is 0 Å². The van der Waals surface area contributed by atoms with Crippen LogP contribution in [0.25, 0.3) is 0 Å². The quantitative estimate of drug-likeness (QED) is 0.803. The summed E-state index contributed by atoms with van der Waals surface area (Å²) in [5.41, 5.74) is 8.11. The summed E-state index contributed by atoms with van der Waals surface area (Å²) in [7, 11) is 0. The molecule has 0 aromatic heterocycles. The van der Waals surface area contributed by atoms with Crippen molar-refractivity contribution in [3.63, 3.8) is 0 Å². The predicted molar refractivity (Wildman–Crippen MR) is 66.8 cm³/mol. The third-order valence-electron chi connectivity index (χ3n) is 2.94. The van der Waals surface area contributed by atoms with Gasteiger partial charge in [-0.15, -0.1) is 0 Å². The van der Waals surface area contributed by atoms with Crippen LogP contribution in [0.5, 0.6) is 0 Å². The summed E-state index contributed by atoms with van der Waals surface area (Å²) in [6.45, 7) is 6.40. The Morgan fingerprint density at radius 2 is 1.94 bits per heavy atom. The van der Waals surface area contributed by atoms with Crippen molar-refractivity contribution in [2.75, 3.05) is 0 Å². The molecule has 1 aromatic rings. The van der Waals surface area contributed by atoms with Gasteiger partial charge in [0, 0.05) is 6.04 Å². The van der Waals surface area contributed by atoms with E-state index < -0.39 is 0 Å². The van der Waals surface area contributed by atoms with Gasteiger partial charge in [-0.1, -0.05) is 32.8 Å². The van der Waals surface area contributed by atoms with Crippen molar-refractivity contribution in [2.24, 2.45) is 11.7 Å². The first-order valence-corrected chi connectivity index (χ1v) is 6.02. The fourth-order valence-corrected chi connectivity index (χ4v) is 1.91. The molecule has 0 heterocycles. The predicted octanol–water partition coefficient (Wildman–Crippen LogP) is 3.96. The monoisotopic (exact) mass is 223 g/mol. The first kappa shape index (κ1) is 13.2. The smallest absolute Gasteiger partial charge is 0.123 e. The van der Waals surface area contributed by atoms with E-state index in [-0.39, 0.29) is 11.9 Å². The largest absolute Gasteiger partial charge is 0.324 e. The van der Waals surface area contributed by atoms with Gasteiger partial charge >= 0.3 is 0 Å². The Morgan fingerprint density at radius 1 is 1.25 bits per heavy atom. The molecule has 1 atom stereocenters. The zero-order valence-electron chi connectivity index (χ0n) is 10.5. The second kappa shape index (κ2) is 6.00. The first-order chi connectivity index (χ1) is 7.50. The molecule has 0 saturated heterocycles. The van der Waals surface area contributed by atoms with Gasteiger partial charge in [-0.25, -0.2) is 4.39 Å². The minimum atomic E-state index is -0.195. The van der Waals surface area contributed by atoms with E-state index in [1.807, 2.05) is 6.92 Å². The normalized spacial score (nSPS) is 13.1. The molecule has 0 fully saturated rings. The minimum Gasteiger partial charge on any atom is -0.324 e. The van der Waals surface area contributed by atoms with E-state index in [1.165, 1.54) is 12.5 Å². The van der Waals surface area contributed by atoms with Gasteiger partial charge in [0.1, 0.15) is 5.82 Å². The van der Waals surface area contributed by atoms with Crippen LogP contribution < -0.4 is 5.73 Å². The lowest BCUT2D eigenvalue weighted by Gasteiger charge is -2.15. The third-order valence-corrected chi connectivity index (χ3v) is 2.94. The summed E-state index contributed by atoms with van der Waals surface area (Å²) in [5, 5.41) is 0. The van der Waals surface area contributed by atoms with Crippen LogP contribution in [0.15, 0.2) is 18.2 Å². The highest BCUT2D eigenvalue weighted by atomic mass is 19.1. The van der Waals surface area contributed by atoms with E-state index in [9.17, 15) is 4.39 Å². The molecule has 1 rings (SSSR count). The summed E-state index contributed by atoms with van der Waals surface area (Å²) in [5.74, 6) is 0.515. The molecule has 0 aliphatic carbocycles. The van der Waals surface area contributed by atoms with Gasteiger partial charge in [0.05, 0.1) is 0 Å². The van der Waals surface area contributed by atoms with Crippen molar-refractivity contribution >= 4 is 0 Å². The SMILES string of the molecule is Cc1ccc(F)cc1C(N)CCCC(C)C. The molecule has 0 saturated carbocycles. The third kappa shape index (κ3) is 3.93. The maximum absolute atomic E-state index is 13.1. The van der Waals surface area contributed by atoms with Gasteiger partial charge in [-0.3, -0.25) is 0 Å². The molecule has 2 N–H and O–H groups in total. The molecule has 0 bridgehead atoms. The number of nitrogens with two attached hydrogens (primary N) is 1. The molecule has 0 radical (unpaired) electrons. The van der Waals surface area contributed by atoms with E-state index in [0.29, 0.717) is 5.92 Å². The molecule has 0 amide bonds. The van der Waals surface area contributed by atoms with Gasteiger partial charge in [0.25, 0.3) is 0 Å². The lowest BCUT2D eigenvalue weighted by Crippen LogP contribution is -2.12. The average molecular weight is 223 g/mol. The maximum Gasteiger partial charge on any atom is 0.123 e. The zero-order chi connectivity index (χ0) is 12.1. The topological polar surface area (TPSA) is 26.0 Å². The maximum atomic E-state index is 13.1. The Hall–Kier alpha value is -0.890. The number of benzene rings is 1. The summed E-state index contributed by atoms with van der Waals surface area (Å²) in [6, 6.07) is 4.82. The minimum absolute atomic E-state index is 0.0329. The molecule has 0 spiro atoms. The van der Waals surface area contributed by atoms with E-state index >= 15 is 0 Å². The van der Waals surface area contributed by atoms with Crippen molar-refractivity contribution < 1.29 is 4.39 Å². The molecule has 1 nitrogen and oxygen atoms in total. The lowest BCUT2D eigenvalue weighted by atomic mass is 9.96. The summed E-state index contributed by atoms with van der Waals surface area (Å²) in [4.78, 5) is 0. The highest BCUT2D eigenvalue weighted by molar-refractivity contribution is 5.29. The van der Waals surface area contributed by atoms with Crippen LogP contribution in [0.3, 0.4) is 0 Å². The van der Waals surface area contributed by atoms with E-state index in [1.54, 1.807) is 12.1 Å². The van der Waals surface area contributed by atoms with Crippen LogP contribution in [-0.4, -0.2) is 0 Å². The Labute approximate surface area is 97.9 Å². The molecule has 1 aromatic carbocycles. The Morgan fingerprint density at radius 3 is 2.56 bits per heavy atom. The Balaban J connectivity index is 2.58. The highest BCUT2D eigenvalue weighted by Crippen LogP contribution is 2.22. The molecule has 2 heteroatoms. The average Bonchev–Trinajstić information content (AvgIpc) is 2.21. The molecule has 16 heavy (non-hydrogen) atoms. The molecule has 1 unspecified atom stereocenters. The van der Waals surface area contributed by atoms with Gasteiger partial charge in [0.2, 0.25) is 0 Å². The number of rotatable bonds is 5. The van der Waals surface area contributed by atoms with Crippen LogP contribution in [0.4, 0.5) is 4.39 Å². The number of hydrogen-bond donors (Lipinski definition) is 1. The standard InChI is InChI=1S/C14H22FN/c1-10(2)5-4-6-14(16)13-9-12(15)8-7-11(13)3/h7-10,14H,4-6,16H2,1-3H3. The molecule has 0 aliphatic heterocycles. The second-order valence-electron chi connectivity index (χ2n) is 4.93. The van der Waals surface area contributed by atoms with E-state index in [2.05, 4.69) is 13.8 Å². The number of aryl methyl sites for hydroxylation is 1. The van der Waals surface area contributed by atoms with E-state index in [4.69, 9.17) is 5.73 Å². The fraction of sp³-hybridized carbons (Fsp3) is 0.571. The first-order valence-electron chi connectivity index (χ1n) is 6.02. The molecular formula is C14H22FN. The zero-order valence-corrected chi connectivity index (χ0v) is 10.5. The Bertz CT molecular complexity index is 334. The lowest BCUT2D eigenvalue weighted by molar-refractivity contribution is 0.503. The van der Waals surface area contributed by atoms with Crippen molar-refractivity contribution in [3.8, 4) is 0 Å². The van der Waals surface area contributed by atoms with Crippen LogP contribution in [-0.2, 0) is 0 Å². The summed E-state index contributed by atoms with van der Waals surface area (Å²) >= 11 is 0. The summed E-state index contributed by atoms with van der Waals surface area (Å²) in [6.07, 6.45) is 3.22. The van der Waals surface area contributed by atoms with Crippen molar-refractivity contribution in [2.45, 2.75) is 46.1 Å². The van der Waals surface area contributed by atoms with Crippen LogP contribution in [0.2, 0.25) is 0 Å². The second-order valence-corrected chi connectivity index (χ2v) is 4.93. The molecular weight excluding hydrogens is 201 g/mol. The van der Waals surface area contributed by atoms with Gasteiger partial charge < -0.3 is 5.73 Å². The van der Waals surface area contributed by atoms with E-state index in [0.717, 1.165) is 24.0 Å². The fourth-order valence-electron chi connectivity index (χ4n) is 1.91. The van der Waals surface area contributed by atoms with Crippen molar-refractivity contribution in [3.05, 3.63) is 35.1 Å². The van der Waals surface area contributed by atoms with Crippen LogP contribution in [0.1, 0.15) is 50.3 Å². The van der Waals surface area contributed by atoms with Crippen LogP contribution >= 0.6 is 0 Å². The Kier molecular flexibility index (Phi) is 4.94. The number of hydrogen-bond acceptors (Lipinski definition) is 1. The van der Waals surface area contributed by atoms with Gasteiger partial charge in [0.15, 0.2) is 0 Å². The van der Waals surface area contributed by atoms with Gasteiger partial charge in [-0.05, 0) is 42.5 Å². The van der Waals surface area contributed by atoms with Crippen LogP contribution in [0, 0.1) is 18.7 Å².